The predicted octanol–water partition coefficient (Wildman–Crippen LogP) is 4.74. The summed E-state index contributed by atoms with van der Waals surface area (Å²) in [7, 11) is 1.64. The normalized spacial score (nSPS) is 11.0. The van der Waals surface area contributed by atoms with E-state index in [1.165, 1.54) is 12.1 Å². The van der Waals surface area contributed by atoms with Crippen molar-refractivity contribution in [3.63, 3.8) is 0 Å². The van der Waals surface area contributed by atoms with E-state index in [2.05, 4.69) is 28.6 Å². The number of ether oxygens (including phenoxy) is 1. The minimum atomic E-state index is -0.395. The van der Waals surface area contributed by atoms with Gasteiger partial charge < -0.3 is 4.74 Å². The Kier molecular flexibility index (Phi) is 5.75. The van der Waals surface area contributed by atoms with Crippen molar-refractivity contribution in [2.75, 3.05) is 7.11 Å². The summed E-state index contributed by atoms with van der Waals surface area (Å²) in [6, 6.07) is 14.5. The molecule has 0 fully saturated rings. The summed E-state index contributed by atoms with van der Waals surface area (Å²) < 4.78 is 7.30. The molecule has 0 amide bonds. The molecule has 0 saturated carbocycles. The zero-order valence-corrected chi connectivity index (χ0v) is 16.1. The molecule has 0 aliphatic rings. The molecule has 2 aromatic carbocycles. The molecule has 0 bridgehead atoms. The Balaban J connectivity index is 1.81. The van der Waals surface area contributed by atoms with Crippen LogP contribution in [0.5, 0.6) is 5.75 Å². The topological polar surface area (TPSA) is 83.1 Å². The SMILES string of the molecule is COc1ccc(-c2nnc(SCc3ccc([N+](=O)[O-])cc3)n2C(C)C)cc1. The fourth-order valence-corrected chi connectivity index (χ4v) is 3.66. The van der Waals surface area contributed by atoms with Gasteiger partial charge in [0.25, 0.3) is 5.69 Å². The van der Waals surface area contributed by atoms with Gasteiger partial charge in [0, 0.05) is 29.5 Å². The average Bonchev–Trinajstić information content (AvgIpc) is 3.11. The molecule has 8 heteroatoms. The van der Waals surface area contributed by atoms with Crippen LogP contribution in [0.2, 0.25) is 0 Å². The van der Waals surface area contributed by atoms with Crippen LogP contribution >= 0.6 is 11.8 Å². The molecule has 140 valence electrons. The summed E-state index contributed by atoms with van der Waals surface area (Å²) in [6.45, 7) is 4.18. The predicted molar refractivity (Wildman–Crippen MR) is 105 cm³/mol. The van der Waals surface area contributed by atoms with Gasteiger partial charge in [-0.3, -0.25) is 14.7 Å². The fourth-order valence-electron chi connectivity index (χ4n) is 2.64. The van der Waals surface area contributed by atoms with Crippen molar-refractivity contribution in [1.82, 2.24) is 14.8 Å². The summed E-state index contributed by atoms with van der Waals surface area (Å²) in [4.78, 5) is 10.4. The average molecular weight is 384 g/mol. The molecule has 3 aromatic rings. The molecule has 0 radical (unpaired) electrons. The lowest BCUT2D eigenvalue weighted by Crippen LogP contribution is -2.05. The maximum absolute atomic E-state index is 10.8. The van der Waals surface area contributed by atoms with Crippen LogP contribution < -0.4 is 4.74 Å². The van der Waals surface area contributed by atoms with Crippen LogP contribution in [0.25, 0.3) is 11.4 Å². The zero-order valence-electron chi connectivity index (χ0n) is 15.3. The second-order valence-electron chi connectivity index (χ2n) is 6.21. The summed E-state index contributed by atoms with van der Waals surface area (Å²) in [5.41, 5.74) is 2.06. The van der Waals surface area contributed by atoms with Crippen LogP contribution in [0, 0.1) is 10.1 Å². The second kappa shape index (κ2) is 8.22. The molecule has 0 unspecified atom stereocenters. The number of benzene rings is 2. The Morgan fingerprint density at radius 1 is 1.11 bits per heavy atom. The van der Waals surface area contributed by atoms with Gasteiger partial charge in [-0.25, -0.2) is 0 Å². The van der Waals surface area contributed by atoms with Crippen LogP contribution in [0.15, 0.2) is 53.7 Å². The molecule has 1 aromatic heterocycles. The third-order valence-corrected chi connectivity index (χ3v) is 5.06. The summed E-state index contributed by atoms with van der Waals surface area (Å²) >= 11 is 1.56. The van der Waals surface area contributed by atoms with Gasteiger partial charge in [-0.15, -0.1) is 10.2 Å². The number of nitro benzene ring substituents is 1. The number of nitrogens with zero attached hydrogens (tertiary/aromatic N) is 4. The molecular weight excluding hydrogens is 364 g/mol. The molecular formula is C19H20N4O3S. The first-order valence-corrected chi connectivity index (χ1v) is 9.43. The minimum Gasteiger partial charge on any atom is -0.497 e. The van der Waals surface area contributed by atoms with Crippen molar-refractivity contribution >= 4 is 17.4 Å². The smallest absolute Gasteiger partial charge is 0.269 e. The van der Waals surface area contributed by atoms with Gasteiger partial charge in [-0.1, -0.05) is 23.9 Å². The summed E-state index contributed by atoms with van der Waals surface area (Å²) in [6.07, 6.45) is 0. The molecule has 27 heavy (non-hydrogen) atoms. The van der Waals surface area contributed by atoms with Gasteiger partial charge in [-0.05, 0) is 43.7 Å². The first-order chi connectivity index (χ1) is 13.0. The second-order valence-corrected chi connectivity index (χ2v) is 7.15. The van der Waals surface area contributed by atoms with Gasteiger partial charge in [0.15, 0.2) is 11.0 Å². The molecule has 0 saturated heterocycles. The van der Waals surface area contributed by atoms with Crippen molar-refractivity contribution < 1.29 is 9.66 Å². The quantitative estimate of drug-likeness (QED) is 0.332. The standard InChI is InChI=1S/C19H20N4O3S/c1-13(2)22-18(15-6-10-17(26-3)11-7-15)20-21-19(22)27-12-14-4-8-16(9-5-14)23(24)25/h4-11,13H,12H2,1-3H3. The molecule has 1 heterocycles. The van der Waals surface area contributed by atoms with E-state index >= 15 is 0 Å². The Labute approximate surface area is 161 Å². The van der Waals surface area contributed by atoms with E-state index in [1.807, 2.05) is 24.3 Å². The lowest BCUT2D eigenvalue weighted by Gasteiger charge is -2.14. The molecule has 0 spiro atoms. The van der Waals surface area contributed by atoms with E-state index in [4.69, 9.17) is 4.74 Å². The number of nitro groups is 1. The van der Waals surface area contributed by atoms with Gasteiger partial charge in [0.1, 0.15) is 5.75 Å². The van der Waals surface area contributed by atoms with Gasteiger partial charge in [0.05, 0.1) is 12.0 Å². The molecule has 7 nitrogen and oxygen atoms in total. The third kappa shape index (κ3) is 4.28. The van der Waals surface area contributed by atoms with Crippen LogP contribution in [0.4, 0.5) is 5.69 Å². The highest BCUT2D eigenvalue weighted by atomic mass is 32.2. The van der Waals surface area contributed by atoms with E-state index < -0.39 is 4.92 Å². The maximum Gasteiger partial charge on any atom is 0.269 e. The Morgan fingerprint density at radius 3 is 2.33 bits per heavy atom. The first kappa shape index (κ1) is 18.9. The van der Waals surface area contributed by atoms with E-state index in [9.17, 15) is 10.1 Å². The molecule has 0 aliphatic carbocycles. The summed E-state index contributed by atoms with van der Waals surface area (Å²) in [5.74, 6) is 2.26. The lowest BCUT2D eigenvalue weighted by atomic mass is 10.2. The van der Waals surface area contributed by atoms with Gasteiger partial charge >= 0.3 is 0 Å². The highest BCUT2D eigenvalue weighted by Gasteiger charge is 2.17. The highest BCUT2D eigenvalue weighted by Crippen LogP contribution is 2.30. The largest absolute Gasteiger partial charge is 0.497 e. The van der Waals surface area contributed by atoms with Gasteiger partial charge in [-0.2, -0.15) is 0 Å². The zero-order chi connectivity index (χ0) is 19.4. The van der Waals surface area contributed by atoms with E-state index in [0.29, 0.717) is 5.75 Å². The number of thioether (sulfide) groups is 1. The minimum absolute atomic E-state index is 0.0934. The first-order valence-electron chi connectivity index (χ1n) is 8.45. The maximum atomic E-state index is 10.8. The Morgan fingerprint density at radius 2 is 1.78 bits per heavy atom. The molecule has 0 atom stereocenters. The summed E-state index contributed by atoms with van der Waals surface area (Å²) in [5, 5.41) is 20.3. The fraction of sp³-hybridized carbons (Fsp3) is 0.263. The van der Waals surface area contributed by atoms with Crippen LogP contribution in [0.3, 0.4) is 0 Å². The third-order valence-electron chi connectivity index (χ3n) is 4.04. The van der Waals surface area contributed by atoms with Crippen molar-refractivity contribution in [2.45, 2.75) is 30.8 Å². The van der Waals surface area contributed by atoms with Crippen LogP contribution in [0.1, 0.15) is 25.5 Å². The van der Waals surface area contributed by atoms with Crippen molar-refractivity contribution in [3.8, 4) is 17.1 Å². The van der Waals surface area contributed by atoms with E-state index in [-0.39, 0.29) is 11.7 Å². The highest BCUT2D eigenvalue weighted by molar-refractivity contribution is 7.98. The number of rotatable bonds is 7. The van der Waals surface area contributed by atoms with E-state index in [1.54, 1.807) is 31.0 Å². The molecule has 3 rings (SSSR count). The molecule has 0 N–H and O–H groups in total. The molecule has 0 aliphatic heterocycles. The number of non-ortho nitro benzene ring substituents is 1. The Hall–Kier alpha value is -2.87. The number of methoxy groups -OCH3 is 1. The van der Waals surface area contributed by atoms with Crippen molar-refractivity contribution in [2.24, 2.45) is 0 Å². The number of hydrogen-bond acceptors (Lipinski definition) is 6. The lowest BCUT2D eigenvalue weighted by molar-refractivity contribution is -0.384. The van der Waals surface area contributed by atoms with E-state index in [0.717, 1.165) is 27.9 Å². The number of hydrogen-bond donors (Lipinski definition) is 0. The van der Waals surface area contributed by atoms with Crippen LogP contribution in [-0.4, -0.2) is 26.8 Å². The Bertz CT molecular complexity index is 921. The van der Waals surface area contributed by atoms with Gasteiger partial charge in [0.2, 0.25) is 0 Å². The van der Waals surface area contributed by atoms with Crippen molar-refractivity contribution in [1.29, 1.82) is 0 Å². The monoisotopic (exact) mass is 384 g/mol. The van der Waals surface area contributed by atoms with Crippen LogP contribution in [-0.2, 0) is 5.75 Å². The van der Waals surface area contributed by atoms with Crippen molar-refractivity contribution in [3.05, 3.63) is 64.2 Å². The number of aromatic nitrogens is 3.